The second-order valence-corrected chi connectivity index (χ2v) is 6.02. The van der Waals surface area contributed by atoms with E-state index in [2.05, 4.69) is 17.1 Å². The van der Waals surface area contributed by atoms with E-state index in [1.54, 1.807) is 0 Å². The molecule has 1 aliphatic heterocycles. The van der Waals surface area contributed by atoms with Gasteiger partial charge in [0.15, 0.2) is 0 Å². The number of ether oxygens (including phenoxy) is 1. The summed E-state index contributed by atoms with van der Waals surface area (Å²) in [5.74, 6) is 4.06. The molecule has 19 heavy (non-hydrogen) atoms. The van der Waals surface area contributed by atoms with E-state index >= 15 is 0 Å². The summed E-state index contributed by atoms with van der Waals surface area (Å²) < 4.78 is 10.9. The van der Waals surface area contributed by atoms with Gasteiger partial charge in [-0.3, -0.25) is 0 Å². The van der Waals surface area contributed by atoms with Crippen LogP contribution in [0.3, 0.4) is 0 Å². The monoisotopic (exact) mass is 285 g/mol. The summed E-state index contributed by atoms with van der Waals surface area (Å²) in [6.07, 6.45) is 4.13. The van der Waals surface area contributed by atoms with E-state index in [9.17, 15) is 0 Å². The Bertz CT molecular complexity index is 367. The van der Waals surface area contributed by atoms with E-state index in [1.165, 1.54) is 0 Å². The molecule has 1 aromatic heterocycles. The summed E-state index contributed by atoms with van der Waals surface area (Å²) in [5.41, 5.74) is 5.61. The van der Waals surface area contributed by atoms with E-state index in [1.807, 2.05) is 11.8 Å². The minimum absolute atomic E-state index is 0.00210. The van der Waals surface area contributed by atoms with Crippen LogP contribution in [0.1, 0.15) is 44.0 Å². The molecule has 5 nitrogen and oxygen atoms in total. The van der Waals surface area contributed by atoms with E-state index in [4.69, 9.17) is 15.0 Å². The van der Waals surface area contributed by atoms with Gasteiger partial charge >= 0.3 is 0 Å². The first-order chi connectivity index (χ1) is 9.33. The van der Waals surface area contributed by atoms with Crippen molar-refractivity contribution in [1.82, 2.24) is 10.1 Å². The molecule has 0 saturated carbocycles. The van der Waals surface area contributed by atoms with Gasteiger partial charge < -0.3 is 15.0 Å². The maximum absolute atomic E-state index is 5.64. The van der Waals surface area contributed by atoms with Crippen LogP contribution in [0.25, 0.3) is 0 Å². The van der Waals surface area contributed by atoms with Crippen molar-refractivity contribution in [3.8, 4) is 0 Å². The van der Waals surface area contributed by atoms with Gasteiger partial charge in [-0.05, 0) is 25.3 Å². The van der Waals surface area contributed by atoms with Crippen LogP contribution in [0.15, 0.2) is 4.52 Å². The first-order valence-corrected chi connectivity index (χ1v) is 8.20. The molecule has 0 radical (unpaired) electrons. The normalized spacial score (nSPS) is 21.5. The smallest absolute Gasteiger partial charge is 0.226 e. The quantitative estimate of drug-likeness (QED) is 0.827. The number of nitrogens with zero attached hydrogens (tertiary/aromatic N) is 2. The fourth-order valence-corrected chi connectivity index (χ4v) is 3.09. The van der Waals surface area contributed by atoms with Crippen LogP contribution >= 0.6 is 11.8 Å². The highest BCUT2D eigenvalue weighted by Gasteiger charge is 2.22. The van der Waals surface area contributed by atoms with Gasteiger partial charge in [0.25, 0.3) is 0 Å². The molecule has 108 valence electrons. The lowest BCUT2D eigenvalue weighted by Crippen LogP contribution is -2.16. The first kappa shape index (κ1) is 14.8. The Morgan fingerprint density at radius 2 is 2.37 bits per heavy atom. The molecule has 2 atom stereocenters. The van der Waals surface area contributed by atoms with Gasteiger partial charge in [-0.25, -0.2) is 0 Å². The zero-order valence-corrected chi connectivity index (χ0v) is 12.3. The van der Waals surface area contributed by atoms with Crippen molar-refractivity contribution in [1.29, 1.82) is 0 Å². The Labute approximate surface area is 118 Å². The highest BCUT2D eigenvalue weighted by molar-refractivity contribution is 7.99. The Morgan fingerprint density at radius 1 is 1.47 bits per heavy atom. The van der Waals surface area contributed by atoms with Crippen LogP contribution < -0.4 is 5.73 Å². The average molecular weight is 285 g/mol. The van der Waals surface area contributed by atoms with E-state index in [-0.39, 0.29) is 6.10 Å². The molecule has 2 rings (SSSR count). The molecule has 0 aromatic carbocycles. The number of hydrogen-bond acceptors (Lipinski definition) is 6. The van der Waals surface area contributed by atoms with Crippen molar-refractivity contribution in [3.63, 3.8) is 0 Å². The lowest BCUT2D eigenvalue weighted by atomic mass is 9.97. The zero-order valence-electron chi connectivity index (χ0n) is 11.5. The fraction of sp³-hybridized carbons (Fsp3) is 0.846. The predicted octanol–water partition coefficient (Wildman–Crippen LogP) is 2.18. The lowest BCUT2D eigenvalue weighted by molar-refractivity contribution is 0.0677. The summed E-state index contributed by atoms with van der Waals surface area (Å²) in [5, 5.41) is 4.04. The SMILES string of the molecule is CCC(CCN)CCc1nc(C2CSCCO2)no1. The van der Waals surface area contributed by atoms with E-state index in [0.717, 1.165) is 56.2 Å². The van der Waals surface area contributed by atoms with Gasteiger partial charge in [-0.15, -0.1) is 0 Å². The van der Waals surface area contributed by atoms with Crippen molar-refractivity contribution >= 4 is 11.8 Å². The van der Waals surface area contributed by atoms with Crippen molar-refractivity contribution in [2.45, 2.75) is 38.7 Å². The third-order valence-corrected chi connectivity index (χ3v) is 4.50. The van der Waals surface area contributed by atoms with E-state index < -0.39 is 0 Å². The molecule has 1 saturated heterocycles. The molecule has 0 amide bonds. The lowest BCUT2D eigenvalue weighted by Gasteiger charge is -2.18. The fourth-order valence-electron chi connectivity index (χ4n) is 2.25. The maximum Gasteiger partial charge on any atom is 0.226 e. The molecule has 6 heteroatoms. The van der Waals surface area contributed by atoms with Crippen LogP contribution in [-0.2, 0) is 11.2 Å². The Kier molecular flexibility index (Phi) is 6.13. The number of aromatic nitrogens is 2. The zero-order chi connectivity index (χ0) is 13.5. The Morgan fingerprint density at radius 3 is 3.05 bits per heavy atom. The van der Waals surface area contributed by atoms with Crippen molar-refractivity contribution < 1.29 is 9.26 Å². The second-order valence-electron chi connectivity index (χ2n) is 4.87. The molecule has 2 N–H and O–H groups in total. The average Bonchev–Trinajstić information content (AvgIpc) is 2.93. The van der Waals surface area contributed by atoms with Gasteiger partial charge in [-0.1, -0.05) is 18.5 Å². The van der Waals surface area contributed by atoms with Crippen LogP contribution in [0, 0.1) is 5.92 Å². The Balaban J connectivity index is 1.82. The third-order valence-electron chi connectivity index (χ3n) is 3.51. The van der Waals surface area contributed by atoms with Crippen LogP contribution in [0.4, 0.5) is 0 Å². The summed E-state index contributed by atoms with van der Waals surface area (Å²) in [6.45, 7) is 3.72. The summed E-state index contributed by atoms with van der Waals surface area (Å²) in [7, 11) is 0. The molecule has 2 heterocycles. The van der Waals surface area contributed by atoms with Crippen molar-refractivity contribution in [2.24, 2.45) is 11.7 Å². The van der Waals surface area contributed by atoms with Gasteiger partial charge in [0.1, 0.15) is 6.10 Å². The van der Waals surface area contributed by atoms with Crippen LogP contribution in [0.5, 0.6) is 0 Å². The second kappa shape index (κ2) is 7.87. The molecule has 1 aromatic rings. The largest absolute Gasteiger partial charge is 0.368 e. The topological polar surface area (TPSA) is 74.2 Å². The van der Waals surface area contributed by atoms with Crippen LogP contribution in [-0.4, -0.2) is 34.8 Å². The summed E-state index contributed by atoms with van der Waals surface area (Å²) in [4.78, 5) is 4.45. The van der Waals surface area contributed by atoms with Crippen LogP contribution in [0.2, 0.25) is 0 Å². The maximum atomic E-state index is 5.64. The molecule has 1 aliphatic rings. The highest BCUT2D eigenvalue weighted by Crippen LogP contribution is 2.25. The standard InChI is InChI=1S/C13H23N3O2S/c1-2-10(5-6-14)3-4-12-15-13(16-18-12)11-9-19-8-7-17-11/h10-11H,2-9,14H2,1H3. The van der Waals surface area contributed by atoms with E-state index in [0.29, 0.717) is 11.7 Å². The van der Waals surface area contributed by atoms with Gasteiger partial charge in [0.05, 0.1) is 6.61 Å². The molecule has 1 fully saturated rings. The predicted molar refractivity (Wildman–Crippen MR) is 76.1 cm³/mol. The molecular formula is C13H23N3O2S. The van der Waals surface area contributed by atoms with Gasteiger partial charge in [0.2, 0.25) is 11.7 Å². The minimum Gasteiger partial charge on any atom is -0.368 e. The number of aryl methyl sites for hydroxylation is 1. The first-order valence-electron chi connectivity index (χ1n) is 7.05. The van der Waals surface area contributed by atoms with Crippen molar-refractivity contribution in [3.05, 3.63) is 11.7 Å². The number of nitrogens with two attached hydrogens (primary N) is 1. The molecule has 0 spiro atoms. The Hall–Kier alpha value is -0.590. The molecule has 0 aliphatic carbocycles. The third kappa shape index (κ3) is 4.47. The highest BCUT2D eigenvalue weighted by atomic mass is 32.2. The minimum atomic E-state index is 0.00210. The summed E-state index contributed by atoms with van der Waals surface area (Å²) in [6, 6.07) is 0. The number of thioether (sulfide) groups is 1. The number of hydrogen-bond donors (Lipinski definition) is 1. The summed E-state index contributed by atoms with van der Waals surface area (Å²) >= 11 is 1.88. The molecule has 0 bridgehead atoms. The van der Waals surface area contributed by atoms with Gasteiger partial charge in [-0.2, -0.15) is 16.7 Å². The number of rotatable bonds is 7. The van der Waals surface area contributed by atoms with Crippen molar-refractivity contribution in [2.75, 3.05) is 24.7 Å². The molecular weight excluding hydrogens is 262 g/mol. The van der Waals surface area contributed by atoms with Gasteiger partial charge in [0, 0.05) is 17.9 Å². The molecule has 2 unspecified atom stereocenters.